The number of aromatic nitrogens is 2. The maximum Gasteiger partial charge on any atom is 0.227 e. The van der Waals surface area contributed by atoms with E-state index in [1.165, 1.54) is 0 Å². The molecule has 1 aliphatic heterocycles. The molecule has 1 fully saturated rings. The largest absolute Gasteiger partial charge is 0.360 e. The monoisotopic (exact) mass is 395 g/mol. The zero-order valence-electron chi connectivity index (χ0n) is 16.4. The second-order valence-corrected chi connectivity index (χ2v) is 8.31. The zero-order chi connectivity index (χ0) is 19.5. The van der Waals surface area contributed by atoms with Gasteiger partial charge in [-0.3, -0.25) is 9.78 Å². The molecule has 0 bridgehead atoms. The topological polar surface area (TPSA) is 59.2 Å². The zero-order valence-corrected chi connectivity index (χ0v) is 17.2. The van der Waals surface area contributed by atoms with Gasteiger partial charge in [0.1, 0.15) is 5.76 Å². The van der Waals surface area contributed by atoms with Crippen molar-refractivity contribution in [2.24, 2.45) is 0 Å². The lowest BCUT2D eigenvalue weighted by atomic mass is 9.92. The average Bonchev–Trinajstić information content (AvgIpc) is 3.37. The molecule has 0 spiro atoms. The van der Waals surface area contributed by atoms with Crippen LogP contribution in [0.15, 0.2) is 40.2 Å². The Balaban J connectivity index is 1.44. The molecule has 4 heterocycles. The third-order valence-electron chi connectivity index (χ3n) is 5.45. The molecule has 4 rings (SSSR count). The second-order valence-electron chi connectivity index (χ2n) is 7.28. The van der Waals surface area contributed by atoms with Crippen molar-refractivity contribution in [2.45, 2.75) is 45.4 Å². The van der Waals surface area contributed by atoms with Crippen LogP contribution >= 0.6 is 11.3 Å². The Kier molecular flexibility index (Phi) is 5.57. The van der Waals surface area contributed by atoms with Crippen molar-refractivity contribution < 1.29 is 9.32 Å². The summed E-state index contributed by atoms with van der Waals surface area (Å²) < 4.78 is 5.43. The van der Waals surface area contributed by atoms with E-state index in [0.29, 0.717) is 12.3 Å². The number of hydrogen-bond acceptors (Lipinski definition) is 5. The molecule has 146 valence electrons. The summed E-state index contributed by atoms with van der Waals surface area (Å²) in [4.78, 5) is 20.6. The maximum absolute atomic E-state index is 12.5. The summed E-state index contributed by atoms with van der Waals surface area (Å²) in [5.74, 6) is 1.50. The Morgan fingerprint density at radius 2 is 2.07 bits per heavy atom. The Labute approximate surface area is 169 Å². The highest BCUT2D eigenvalue weighted by atomic mass is 32.1. The molecule has 1 amide bonds. The molecular formula is C22H25N3O2S. The second kappa shape index (κ2) is 8.27. The first kappa shape index (κ1) is 18.9. The third kappa shape index (κ3) is 3.87. The standard InChI is InChI=1S/C22H25N3O2S/c1-3-20-22(15(2)24-27-20)19-8-4-7-18(23-19)16-9-11-25(12-10-16)21(26)14-17-6-5-13-28-17/h4-8,13,16H,3,9-12,14H2,1-2H3. The number of likely N-dealkylation sites (tertiary alicyclic amines) is 1. The Morgan fingerprint density at radius 3 is 2.79 bits per heavy atom. The molecule has 0 N–H and O–H groups in total. The van der Waals surface area contributed by atoms with Gasteiger partial charge in [0, 0.05) is 36.0 Å². The van der Waals surface area contributed by atoms with Crippen LogP contribution in [0.2, 0.25) is 0 Å². The number of nitrogens with zero attached hydrogens (tertiary/aromatic N) is 3. The number of aryl methyl sites for hydroxylation is 2. The maximum atomic E-state index is 12.5. The van der Waals surface area contributed by atoms with Gasteiger partial charge in [-0.2, -0.15) is 0 Å². The molecule has 0 radical (unpaired) electrons. The van der Waals surface area contributed by atoms with Crippen molar-refractivity contribution in [1.29, 1.82) is 0 Å². The summed E-state index contributed by atoms with van der Waals surface area (Å²) in [5.41, 5.74) is 3.94. The lowest BCUT2D eigenvalue weighted by molar-refractivity contribution is -0.131. The Morgan fingerprint density at radius 1 is 1.25 bits per heavy atom. The van der Waals surface area contributed by atoms with Crippen LogP contribution in [-0.2, 0) is 17.6 Å². The van der Waals surface area contributed by atoms with Gasteiger partial charge in [-0.25, -0.2) is 0 Å². The van der Waals surface area contributed by atoms with Crippen molar-refractivity contribution in [3.05, 3.63) is 57.7 Å². The minimum atomic E-state index is 0.232. The molecule has 6 heteroatoms. The first-order valence-corrected chi connectivity index (χ1v) is 10.8. The van der Waals surface area contributed by atoms with Gasteiger partial charge in [-0.05, 0) is 43.3 Å². The van der Waals surface area contributed by atoms with E-state index in [-0.39, 0.29) is 5.91 Å². The van der Waals surface area contributed by atoms with E-state index in [1.54, 1.807) is 11.3 Å². The average molecular weight is 396 g/mol. The quantitative estimate of drug-likeness (QED) is 0.633. The fraction of sp³-hybridized carbons (Fsp3) is 0.409. The van der Waals surface area contributed by atoms with Gasteiger partial charge >= 0.3 is 0 Å². The van der Waals surface area contributed by atoms with Gasteiger partial charge in [0.15, 0.2) is 0 Å². The molecule has 0 atom stereocenters. The Hall–Kier alpha value is -2.47. The van der Waals surface area contributed by atoms with E-state index >= 15 is 0 Å². The van der Waals surface area contributed by atoms with Crippen LogP contribution in [0.1, 0.15) is 47.7 Å². The Bertz CT molecular complexity index is 941. The normalized spacial score (nSPS) is 15.1. The molecule has 0 saturated carbocycles. The van der Waals surface area contributed by atoms with Crippen molar-refractivity contribution >= 4 is 17.2 Å². The van der Waals surface area contributed by atoms with Gasteiger partial charge in [-0.1, -0.05) is 24.2 Å². The van der Waals surface area contributed by atoms with Crippen LogP contribution in [-0.4, -0.2) is 34.0 Å². The van der Waals surface area contributed by atoms with Crippen molar-refractivity contribution in [3.63, 3.8) is 0 Å². The molecule has 0 aliphatic carbocycles. The highest BCUT2D eigenvalue weighted by Crippen LogP contribution is 2.31. The number of rotatable bonds is 5. The van der Waals surface area contributed by atoms with Crippen molar-refractivity contribution in [1.82, 2.24) is 15.0 Å². The number of pyridine rings is 1. The number of carbonyl (C=O) groups is 1. The predicted molar refractivity (Wildman–Crippen MR) is 110 cm³/mol. The van der Waals surface area contributed by atoms with Gasteiger partial charge < -0.3 is 9.42 Å². The third-order valence-corrected chi connectivity index (χ3v) is 6.33. The van der Waals surface area contributed by atoms with Crippen molar-refractivity contribution in [2.75, 3.05) is 13.1 Å². The summed E-state index contributed by atoms with van der Waals surface area (Å²) >= 11 is 1.65. The lowest BCUT2D eigenvalue weighted by Gasteiger charge is -2.32. The number of amides is 1. The van der Waals surface area contributed by atoms with E-state index < -0.39 is 0 Å². The minimum Gasteiger partial charge on any atom is -0.360 e. The van der Waals surface area contributed by atoms with Gasteiger partial charge in [-0.15, -0.1) is 11.3 Å². The summed E-state index contributed by atoms with van der Waals surface area (Å²) in [6, 6.07) is 10.2. The van der Waals surface area contributed by atoms with Crippen molar-refractivity contribution in [3.8, 4) is 11.3 Å². The molecule has 1 saturated heterocycles. The van der Waals surface area contributed by atoms with Gasteiger partial charge in [0.2, 0.25) is 5.91 Å². The number of hydrogen-bond donors (Lipinski definition) is 0. The number of thiophene rings is 1. The lowest BCUT2D eigenvalue weighted by Crippen LogP contribution is -2.38. The molecule has 1 aliphatic rings. The molecular weight excluding hydrogens is 370 g/mol. The van der Waals surface area contributed by atoms with Crippen LogP contribution in [0.4, 0.5) is 0 Å². The van der Waals surface area contributed by atoms with Crippen LogP contribution in [0.5, 0.6) is 0 Å². The van der Waals surface area contributed by atoms with E-state index in [1.807, 2.05) is 35.4 Å². The van der Waals surface area contributed by atoms with E-state index in [9.17, 15) is 4.79 Å². The van der Waals surface area contributed by atoms with E-state index in [2.05, 4.69) is 24.2 Å². The van der Waals surface area contributed by atoms with Crippen LogP contribution in [0.3, 0.4) is 0 Å². The summed E-state index contributed by atoms with van der Waals surface area (Å²) in [5, 5.41) is 6.13. The van der Waals surface area contributed by atoms with Gasteiger partial charge in [0.25, 0.3) is 0 Å². The molecule has 0 unspecified atom stereocenters. The SMILES string of the molecule is CCc1onc(C)c1-c1cccc(C2CCN(C(=O)Cc3cccs3)CC2)n1. The number of carbonyl (C=O) groups excluding carboxylic acids is 1. The minimum absolute atomic E-state index is 0.232. The molecule has 3 aromatic heterocycles. The molecule has 3 aromatic rings. The summed E-state index contributed by atoms with van der Waals surface area (Å²) in [7, 11) is 0. The van der Waals surface area contributed by atoms with Crippen LogP contribution in [0.25, 0.3) is 11.3 Å². The van der Waals surface area contributed by atoms with E-state index in [0.717, 1.165) is 65.6 Å². The number of piperidine rings is 1. The summed E-state index contributed by atoms with van der Waals surface area (Å²) in [6.45, 7) is 5.63. The fourth-order valence-electron chi connectivity index (χ4n) is 3.90. The highest BCUT2D eigenvalue weighted by Gasteiger charge is 2.25. The first-order chi connectivity index (χ1) is 13.7. The van der Waals surface area contributed by atoms with Crippen LogP contribution in [0, 0.1) is 6.92 Å². The van der Waals surface area contributed by atoms with Gasteiger partial charge in [0.05, 0.1) is 23.4 Å². The molecule has 0 aromatic carbocycles. The summed E-state index contributed by atoms with van der Waals surface area (Å²) in [6.07, 6.45) is 3.22. The molecule has 28 heavy (non-hydrogen) atoms. The smallest absolute Gasteiger partial charge is 0.227 e. The predicted octanol–water partition coefficient (Wildman–Crippen LogP) is 4.62. The first-order valence-electron chi connectivity index (χ1n) is 9.88. The molecule has 5 nitrogen and oxygen atoms in total. The highest BCUT2D eigenvalue weighted by molar-refractivity contribution is 7.10. The fourth-order valence-corrected chi connectivity index (χ4v) is 4.60. The van der Waals surface area contributed by atoms with Crippen LogP contribution < -0.4 is 0 Å². The van der Waals surface area contributed by atoms with E-state index in [4.69, 9.17) is 9.51 Å².